The Morgan fingerprint density at radius 2 is 1.74 bits per heavy atom. The molecule has 2 aromatic carbocycles. The highest BCUT2D eigenvalue weighted by molar-refractivity contribution is 6.99. The Labute approximate surface area is 276 Å². The fraction of sp³-hybridized carbons (Fsp3) is 0.457. The van der Waals surface area contributed by atoms with E-state index in [0.29, 0.717) is 68.5 Å². The van der Waals surface area contributed by atoms with Crippen molar-refractivity contribution in [1.29, 1.82) is 0 Å². The lowest BCUT2D eigenvalue weighted by Crippen LogP contribution is -2.67. The third kappa shape index (κ3) is 5.63. The van der Waals surface area contributed by atoms with Gasteiger partial charge in [0.25, 0.3) is 8.32 Å². The molecule has 2 atom stereocenters. The first-order chi connectivity index (χ1) is 22.2. The molecule has 3 aliphatic rings. The van der Waals surface area contributed by atoms with Crippen LogP contribution in [0.5, 0.6) is 11.9 Å². The van der Waals surface area contributed by atoms with Crippen LogP contribution in [0.2, 0.25) is 10.2 Å². The van der Waals surface area contributed by atoms with Gasteiger partial charge in [-0.3, -0.25) is 4.90 Å². The normalized spacial score (nSPS) is 21.7. The highest BCUT2D eigenvalue weighted by Crippen LogP contribution is 2.41. The summed E-state index contributed by atoms with van der Waals surface area (Å²) in [5, 5.41) is 3.32. The van der Waals surface area contributed by atoms with E-state index >= 15 is 0 Å². The van der Waals surface area contributed by atoms with Crippen molar-refractivity contribution in [1.82, 2.24) is 19.9 Å². The molecule has 2 saturated heterocycles. The summed E-state index contributed by atoms with van der Waals surface area (Å²) in [6.45, 7) is 10.6. The van der Waals surface area contributed by atoms with Crippen molar-refractivity contribution in [2.45, 2.75) is 56.8 Å². The molecule has 7 rings (SSSR count). The van der Waals surface area contributed by atoms with Crippen LogP contribution in [-0.2, 0) is 4.43 Å². The number of nitrogens with zero attached hydrogens (tertiary/aromatic N) is 5. The molecule has 0 N–H and O–H groups in total. The maximum absolute atomic E-state index is 14.4. The number of halogens is 2. The molecule has 3 aliphatic heterocycles. The van der Waals surface area contributed by atoms with Crippen molar-refractivity contribution in [2.24, 2.45) is 0 Å². The van der Waals surface area contributed by atoms with Gasteiger partial charge in [-0.25, -0.2) is 9.37 Å². The van der Waals surface area contributed by atoms with Crippen LogP contribution in [0.1, 0.15) is 40.0 Å². The Balaban J connectivity index is 1.20. The average molecular weight is 662 g/mol. The van der Waals surface area contributed by atoms with Gasteiger partial charge in [-0.05, 0) is 34.8 Å². The molecule has 4 aromatic rings. The third-order valence-corrected chi connectivity index (χ3v) is 15.0. The number of aromatic nitrogens is 3. The lowest BCUT2D eigenvalue weighted by Gasteiger charge is -2.43. The summed E-state index contributed by atoms with van der Waals surface area (Å²) in [5.41, 5.74) is 0.296. The molecule has 2 aromatic heterocycles. The number of rotatable bonds is 9. The standard InChI is InChI=1S/C35H41ClFN5O3Si/c1-34(2,3)46(26-11-6-4-7-12-26,27-13-8-5-9-14-27)45-20-18-41-17-19-43-32-30-28(21-29(36)39-32)38-33(40-31(30)41)44-24-35-15-10-16-42(35)23-25(37)22-35/h4-9,11-14,21,25H,10,15-20,22-24H2,1-3H3/t25-,35+/m1/s1. The topological polar surface area (TPSA) is 72.8 Å². The van der Waals surface area contributed by atoms with Gasteiger partial charge in [-0.2, -0.15) is 9.97 Å². The number of alkyl halides is 1. The quantitative estimate of drug-likeness (QED) is 0.174. The number of fused-ring (bicyclic) bond motifs is 1. The third-order valence-electron chi connectivity index (χ3n) is 9.80. The van der Waals surface area contributed by atoms with Gasteiger partial charge in [-0.15, -0.1) is 0 Å². The summed E-state index contributed by atoms with van der Waals surface area (Å²) in [7, 11) is -2.73. The zero-order valence-corrected chi connectivity index (χ0v) is 28.5. The molecule has 0 aliphatic carbocycles. The lowest BCUT2D eigenvalue weighted by atomic mass is 9.95. The summed E-state index contributed by atoms with van der Waals surface area (Å²) >= 11 is 6.41. The van der Waals surface area contributed by atoms with Crippen molar-refractivity contribution >= 4 is 47.0 Å². The van der Waals surface area contributed by atoms with Gasteiger partial charge in [0, 0.05) is 25.6 Å². The number of anilines is 1. The Kier molecular flexibility index (Phi) is 8.42. The molecule has 0 saturated carbocycles. The molecular formula is C35H41ClFN5O3Si. The predicted octanol–water partition coefficient (Wildman–Crippen LogP) is 5.41. The van der Waals surface area contributed by atoms with Crippen molar-refractivity contribution < 1.29 is 18.3 Å². The molecular weight excluding hydrogens is 621 g/mol. The second-order valence-electron chi connectivity index (χ2n) is 13.7. The fourth-order valence-corrected chi connectivity index (χ4v) is 12.5. The van der Waals surface area contributed by atoms with Gasteiger partial charge >= 0.3 is 6.01 Å². The number of ether oxygens (including phenoxy) is 2. The molecule has 0 bridgehead atoms. The molecule has 0 unspecified atom stereocenters. The van der Waals surface area contributed by atoms with Crippen molar-refractivity contribution in [3.05, 3.63) is 71.9 Å². The first-order valence-electron chi connectivity index (χ1n) is 16.2. The molecule has 2 fully saturated rings. The molecule has 5 heterocycles. The lowest BCUT2D eigenvalue weighted by molar-refractivity contribution is 0.107. The van der Waals surface area contributed by atoms with Crippen LogP contribution in [0.4, 0.5) is 10.2 Å². The van der Waals surface area contributed by atoms with Crippen LogP contribution < -0.4 is 24.7 Å². The van der Waals surface area contributed by atoms with Gasteiger partial charge in [0.15, 0.2) is 0 Å². The van der Waals surface area contributed by atoms with Crippen LogP contribution in [0.3, 0.4) is 0 Å². The summed E-state index contributed by atoms with van der Waals surface area (Å²) in [6, 6.07) is 23.3. The monoisotopic (exact) mass is 661 g/mol. The summed E-state index contributed by atoms with van der Waals surface area (Å²) in [5.74, 6) is 1.09. The van der Waals surface area contributed by atoms with Crippen LogP contribution >= 0.6 is 11.6 Å². The Hall–Kier alpha value is -3.31. The van der Waals surface area contributed by atoms with E-state index in [1.54, 1.807) is 6.07 Å². The molecule has 46 heavy (non-hydrogen) atoms. The summed E-state index contributed by atoms with van der Waals surface area (Å²) in [6.07, 6.45) is 1.60. The van der Waals surface area contributed by atoms with E-state index in [2.05, 4.69) is 96.2 Å². The Morgan fingerprint density at radius 3 is 2.43 bits per heavy atom. The van der Waals surface area contributed by atoms with Gasteiger partial charge in [0.2, 0.25) is 5.88 Å². The maximum atomic E-state index is 14.4. The SMILES string of the molecule is CC(C)(C)[Si](OCCN1CCOc2nc(Cl)cc3nc(OC[C@@]45CCCN4C[C@H](F)C5)nc1c23)(c1ccccc1)c1ccccc1. The van der Waals surface area contributed by atoms with Gasteiger partial charge in [-0.1, -0.05) is 93.0 Å². The molecule has 0 spiro atoms. The maximum Gasteiger partial charge on any atom is 0.319 e. The van der Waals surface area contributed by atoms with Crippen molar-refractivity contribution in [3.8, 4) is 11.9 Å². The van der Waals surface area contributed by atoms with E-state index in [1.165, 1.54) is 10.4 Å². The number of hydrogen-bond acceptors (Lipinski definition) is 8. The highest BCUT2D eigenvalue weighted by atomic mass is 35.5. The minimum absolute atomic E-state index is 0.138. The van der Waals surface area contributed by atoms with Gasteiger partial charge < -0.3 is 18.8 Å². The van der Waals surface area contributed by atoms with Crippen LogP contribution in [0, 0.1) is 0 Å². The number of pyridine rings is 1. The molecule has 242 valence electrons. The van der Waals surface area contributed by atoms with Crippen LogP contribution in [0.25, 0.3) is 10.9 Å². The van der Waals surface area contributed by atoms with Crippen molar-refractivity contribution in [3.63, 3.8) is 0 Å². The average Bonchev–Trinajstić information content (AvgIpc) is 3.50. The van der Waals surface area contributed by atoms with Gasteiger partial charge in [0.05, 0.1) is 24.2 Å². The van der Waals surface area contributed by atoms with E-state index in [9.17, 15) is 4.39 Å². The highest BCUT2D eigenvalue weighted by Gasteiger charge is 2.51. The van der Waals surface area contributed by atoms with E-state index in [-0.39, 0.29) is 21.7 Å². The molecule has 8 nitrogen and oxygen atoms in total. The minimum atomic E-state index is -2.73. The zero-order valence-electron chi connectivity index (χ0n) is 26.7. The molecule has 0 radical (unpaired) electrons. The van der Waals surface area contributed by atoms with E-state index in [4.69, 9.17) is 35.5 Å². The van der Waals surface area contributed by atoms with Crippen LogP contribution in [0.15, 0.2) is 66.7 Å². The smallest absolute Gasteiger partial charge is 0.319 e. The second-order valence-corrected chi connectivity index (χ2v) is 18.4. The first kappa shape index (κ1) is 31.3. The van der Waals surface area contributed by atoms with Gasteiger partial charge in [0.1, 0.15) is 35.7 Å². The predicted molar refractivity (Wildman–Crippen MR) is 182 cm³/mol. The minimum Gasteiger partial charge on any atom is -0.475 e. The largest absolute Gasteiger partial charge is 0.475 e. The first-order valence-corrected chi connectivity index (χ1v) is 18.5. The zero-order chi connectivity index (χ0) is 31.9. The van der Waals surface area contributed by atoms with E-state index in [0.717, 1.165) is 19.4 Å². The summed E-state index contributed by atoms with van der Waals surface area (Å²) < 4.78 is 34.1. The fourth-order valence-electron chi connectivity index (χ4n) is 7.74. The molecule has 0 amide bonds. The van der Waals surface area contributed by atoms with Crippen molar-refractivity contribution in [2.75, 3.05) is 50.9 Å². The van der Waals surface area contributed by atoms with E-state index < -0.39 is 14.5 Å². The van der Waals surface area contributed by atoms with Crippen LogP contribution in [-0.4, -0.2) is 85.9 Å². The summed E-state index contributed by atoms with van der Waals surface area (Å²) in [4.78, 5) is 18.6. The molecule has 11 heteroatoms. The second kappa shape index (κ2) is 12.4. The number of benzene rings is 2. The Morgan fingerprint density at radius 1 is 1.02 bits per heavy atom. The van der Waals surface area contributed by atoms with E-state index in [1.807, 2.05) is 0 Å². The Bertz CT molecular complexity index is 1660. The number of hydrogen-bond donors (Lipinski definition) is 0.